The smallest absolute Gasteiger partial charge is 0.325 e. The zero-order chi connectivity index (χ0) is 25.4. The Morgan fingerprint density at radius 3 is 2.00 bits per heavy atom. The van der Waals surface area contributed by atoms with Gasteiger partial charge in [-0.3, -0.25) is 9.59 Å². The maximum absolute atomic E-state index is 13.6. The Labute approximate surface area is 206 Å². The molecule has 0 bridgehead atoms. The molecule has 4 rings (SSSR count). The number of hydrogen-bond acceptors (Lipinski definition) is 5. The molecule has 1 aliphatic rings. The molecule has 2 atom stereocenters. The molecule has 10 heteroatoms. The molecule has 0 spiro atoms. The number of benzene rings is 3. The molecule has 0 heterocycles. The summed E-state index contributed by atoms with van der Waals surface area (Å²) in [5.74, 6) is -3.68. The van der Waals surface area contributed by atoms with Crippen molar-refractivity contribution >= 4 is 33.6 Å². The highest BCUT2D eigenvalue weighted by atomic mass is 35.5. The molecule has 0 unspecified atom stereocenters. The molecule has 0 radical (unpaired) electrons. The Balaban J connectivity index is 1.72. The first-order chi connectivity index (χ1) is 16.6. The highest BCUT2D eigenvalue weighted by molar-refractivity contribution is 7.89. The van der Waals surface area contributed by atoms with Crippen LogP contribution in [0.1, 0.15) is 23.5 Å². The van der Waals surface area contributed by atoms with Gasteiger partial charge in [-0.25, -0.2) is 8.42 Å². The standard InChI is InChI=1S/C25H19ClN2O6S/c26-20-9-5-17(6-10-20)18-7-11-21(12-8-18)35(33,34)28(15-23(29)30)25(24(31)32)13-22(25)19-3-1-16(14-27)2-4-19/h1-12,22H,13,15H2,(H,29,30)(H,31,32)/t22-,25+/m0/s1. The molecule has 8 nitrogen and oxygen atoms in total. The Hall–Kier alpha value is -3.71. The summed E-state index contributed by atoms with van der Waals surface area (Å²) in [5, 5.41) is 29.1. The predicted molar refractivity (Wildman–Crippen MR) is 127 cm³/mol. The molecular weight excluding hydrogens is 492 g/mol. The van der Waals surface area contributed by atoms with Crippen LogP contribution in [-0.4, -0.2) is 47.0 Å². The number of nitriles is 1. The maximum atomic E-state index is 13.6. The quantitative estimate of drug-likeness (QED) is 0.468. The third-order valence-corrected chi connectivity index (χ3v) is 8.24. The van der Waals surface area contributed by atoms with Gasteiger partial charge in [0.1, 0.15) is 12.1 Å². The van der Waals surface area contributed by atoms with Crippen molar-refractivity contribution in [1.82, 2.24) is 4.31 Å². The van der Waals surface area contributed by atoms with E-state index >= 15 is 0 Å². The van der Waals surface area contributed by atoms with Crippen LogP contribution in [0.2, 0.25) is 5.02 Å². The number of sulfonamides is 1. The lowest BCUT2D eigenvalue weighted by Gasteiger charge is -2.28. The van der Waals surface area contributed by atoms with Crippen LogP contribution in [0.4, 0.5) is 0 Å². The van der Waals surface area contributed by atoms with Gasteiger partial charge in [-0.2, -0.15) is 9.57 Å². The van der Waals surface area contributed by atoms with E-state index in [1.54, 1.807) is 48.5 Å². The van der Waals surface area contributed by atoms with Gasteiger partial charge in [0.25, 0.3) is 0 Å². The average Bonchev–Trinajstić information content (AvgIpc) is 3.60. The summed E-state index contributed by atoms with van der Waals surface area (Å²) in [6, 6.07) is 20.8. The Morgan fingerprint density at radius 2 is 1.51 bits per heavy atom. The number of halogens is 1. The van der Waals surface area contributed by atoms with E-state index in [9.17, 15) is 28.2 Å². The van der Waals surface area contributed by atoms with Crippen molar-refractivity contribution in [3.63, 3.8) is 0 Å². The normalized spacial score (nSPS) is 19.2. The Morgan fingerprint density at radius 1 is 0.971 bits per heavy atom. The predicted octanol–water partition coefficient (Wildman–Crippen LogP) is 3.96. The third-order valence-electron chi connectivity index (χ3n) is 6.09. The van der Waals surface area contributed by atoms with Gasteiger partial charge >= 0.3 is 11.9 Å². The lowest BCUT2D eigenvalue weighted by atomic mass is 10.0. The largest absolute Gasteiger partial charge is 0.480 e. The number of hydrogen-bond donors (Lipinski definition) is 2. The summed E-state index contributed by atoms with van der Waals surface area (Å²) in [6.07, 6.45) is -0.0936. The first-order valence-electron chi connectivity index (χ1n) is 10.4. The summed E-state index contributed by atoms with van der Waals surface area (Å²) in [6.45, 7) is -1.01. The van der Waals surface area contributed by atoms with Gasteiger partial charge in [-0.05, 0) is 59.5 Å². The number of rotatable bonds is 8. The van der Waals surface area contributed by atoms with E-state index in [-0.39, 0.29) is 11.3 Å². The van der Waals surface area contributed by atoms with E-state index in [1.165, 1.54) is 24.3 Å². The Bertz CT molecular complexity index is 1430. The lowest BCUT2D eigenvalue weighted by molar-refractivity contribution is -0.145. The molecule has 1 saturated carbocycles. The van der Waals surface area contributed by atoms with Crippen molar-refractivity contribution < 1.29 is 28.2 Å². The fourth-order valence-corrected chi connectivity index (χ4v) is 6.06. The van der Waals surface area contributed by atoms with Gasteiger partial charge < -0.3 is 10.2 Å². The van der Waals surface area contributed by atoms with Crippen molar-refractivity contribution in [1.29, 1.82) is 5.26 Å². The maximum Gasteiger partial charge on any atom is 0.325 e. The lowest BCUT2D eigenvalue weighted by Crippen LogP contribution is -2.50. The second-order valence-electron chi connectivity index (χ2n) is 8.16. The summed E-state index contributed by atoms with van der Waals surface area (Å²) in [5.41, 5.74) is 0.424. The molecule has 0 aliphatic heterocycles. The van der Waals surface area contributed by atoms with Crippen LogP contribution in [-0.2, 0) is 19.6 Å². The van der Waals surface area contributed by atoms with Gasteiger partial charge in [0.05, 0.1) is 16.5 Å². The highest BCUT2D eigenvalue weighted by Crippen LogP contribution is 2.57. The molecule has 178 valence electrons. The summed E-state index contributed by atoms with van der Waals surface area (Å²) in [7, 11) is -4.50. The van der Waals surface area contributed by atoms with Crippen molar-refractivity contribution in [3.05, 3.63) is 88.9 Å². The van der Waals surface area contributed by atoms with Crippen LogP contribution in [0, 0.1) is 11.3 Å². The zero-order valence-electron chi connectivity index (χ0n) is 18.1. The van der Waals surface area contributed by atoms with Crippen molar-refractivity contribution in [2.24, 2.45) is 0 Å². The molecule has 1 fully saturated rings. The van der Waals surface area contributed by atoms with E-state index in [2.05, 4.69) is 0 Å². The second kappa shape index (κ2) is 9.15. The van der Waals surface area contributed by atoms with Crippen molar-refractivity contribution in [2.45, 2.75) is 22.8 Å². The molecule has 2 N–H and O–H groups in total. The van der Waals surface area contributed by atoms with Gasteiger partial charge in [0, 0.05) is 10.9 Å². The van der Waals surface area contributed by atoms with E-state index in [0.717, 1.165) is 5.56 Å². The first kappa shape index (κ1) is 24.4. The number of carbonyl (C=O) groups is 2. The Kier molecular flexibility index (Phi) is 6.38. The average molecular weight is 511 g/mol. The van der Waals surface area contributed by atoms with E-state index in [1.807, 2.05) is 6.07 Å². The van der Waals surface area contributed by atoms with E-state index < -0.39 is 40.0 Å². The molecule has 0 amide bonds. The summed E-state index contributed by atoms with van der Waals surface area (Å²) in [4.78, 5) is 23.8. The highest BCUT2D eigenvalue weighted by Gasteiger charge is 2.68. The van der Waals surface area contributed by atoms with Gasteiger partial charge in [-0.1, -0.05) is 48.0 Å². The topological polar surface area (TPSA) is 136 Å². The number of nitrogens with zero attached hydrogens (tertiary/aromatic N) is 2. The van der Waals surface area contributed by atoms with Gasteiger partial charge in [0.15, 0.2) is 0 Å². The minimum Gasteiger partial charge on any atom is -0.480 e. The minimum absolute atomic E-state index is 0.0936. The molecular formula is C25H19ClN2O6S. The fourth-order valence-electron chi connectivity index (χ4n) is 4.21. The molecule has 0 aromatic heterocycles. The first-order valence-corrected chi connectivity index (χ1v) is 12.3. The second-order valence-corrected chi connectivity index (χ2v) is 10.5. The molecule has 3 aromatic carbocycles. The third kappa shape index (κ3) is 4.51. The van der Waals surface area contributed by atoms with Crippen LogP contribution in [0.15, 0.2) is 77.7 Å². The minimum atomic E-state index is -4.50. The van der Waals surface area contributed by atoms with Crippen LogP contribution in [0.25, 0.3) is 11.1 Å². The fraction of sp³-hybridized carbons (Fsp3) is 0.160. The number of carboxylic acid groups (broad SMARTS) is 2. The van der Waals surface area contributed by atoms with Crippen molar-refractivity contribution in [2.75, 3.05) is 6.54 Å². The number of carboxylic acids is 2. The summed E-state index contributed by atoms with van der Waals surface area (Å²) < 4.78 is 27.7. The van der Waals surface area contributed by atoms with Crippen LogP contribution in [0.3, 0.4) is 0 Å². The zero-order valence-corrected chi connectivity index (χ0v) is 19.7. The molecule has 1 aliphatic carbocycles. The van der Waals surface area contributed by atoms with Crippen LogP contribution >= 0.6 is 11.6 Å². The summed E-state index contributed by atoms with van der Waals surface area (Å²) >= 11 is 5.91. The monoisotopic (exact) mass is 510 g/mol. The SMILES string of the molecule is N#Cc1ccc([C@@H]2C[C@@]2(C(=O)O)N(CC(=O)O)S(=O)(=O)c2ccc(-c3ccc(Cl)cc3)cc2)cc1. The molecule has 35 heavy (non-hydrogen) atoms. The van der Waals surface area contributed by atoms with Crippen LogP contribution in [0.5, 0.6) is 0 Å². The van der Waals surface area contributed by atoms with Crippen LogP contribution < -0.4 is 0 Å². The number of aliphatic carboxylic acids is 2. The van der Waals surface area contributed by atoms with E-state index in [4.69, 9.17) is 16.9 Å². The van der Waals surface area contributed by atoms with E-state index in [0.29, 0.717) is 26.0 Å². The van der Waals surface area contributed by atoms with Gasteiger partial charge in [0.2, 0.25) is 10.0 Å². The van der Waals surface area contributed by atoms with Gasteiger partial charge in [-0.15, -0.1) is 0 Å². The molecule has 0 saturated heterocycles. The van der Waals surface area contributed by atoms with Crippen molar-refractivity contribution in [3.8, 4) is 17.2 Å². The molecule has 3 aromatic rings.